The van der Waals surface area contributed by atoms with Crippen LogP contribution in [0.5, 0.6) is 0 Å². The minimum atomic E-state index is -1.25. The van der Waals surface area contributed by atoms with Gasteiger partial charge in [0.05, 0.1) is 0 Å². The van der Waals surface area contributed by atoms with E-state index in [4.69, 9.17) is 0 Å². The van der Waals surface area contributed by atoms with Crippen LogP contribution in [-0.4, -0.2) is 5.11 Å². The maximum absolute atomic E-state index is 14.2. The van der Waals surface area contributed by atoms with Crippen LogP contribution >= 0.6 is 0 Å². The van der Waals surface area contributed by atoms with Gasteiger partial charge in [-0.05, 0) is 42.4 Å². The molecular weight excluding hydrogens is 263 g/mol. The Balaban J connectivity index is 2.14. The van der Waals surface area contributed by atoms with E-state index in [1.165, 1.54) is 18.1 Å². The summed E-state index contributed by atoms with van der Waals surface area (Å²) in [5, 5.41) is 11.3. The normalized spacial score (nSPS) is 18.0. The van der Waals surface area contributed by atoms with Gasteiger partial charge < -0.3 is 5.11 Å². The molecule has 1 N–H and O–H groups in total. The van der Waals surface area contributed by atoms with E-state index >= 15 is 0 Å². The number of hydrogen-bond acceptors (Lipinski definition) is 1. The third-order valence-electron chi connectivity index (χ3n) is 4.78. The van der Waals surface area contributed by atoms with Crippen molar-refractivity contribution in [1.82, 2.24) is 0 Å². The van der Waals surface area contributed by atoms with Gasteiger partial charge in [0.15, 0.2) is 0 Å². The first-order valence-corrected chi connectivity index (χ1v) is 7.73. The van der Waals surface area contributed by atoms with Crippen molar-refractivity contribution in [3.63, 3.8) is 0 Å². The van der Waals surface area contributed by atoms with Gasteiger partial charge in [-0.1, -0.05) is 55.8 Å². The molecule has 0 spiro atoms. The quantitative estimate of drug-likeness (QED) is 0.860. The molecule has 1 atom stereocenters. The Hall–Kier alpha value is -1.67. The lowest BCUT2D eigenvalue weighted by atomic mass is 9.73. The lowest BCUT2D eigenvalue weighted by Crippen LogP contribution is -2.30. The minimum Gasteiger partial charge on any atom is -0.380 e. The van der Waals surface area contributed by atoms with Gasteiger partial charge in [-0.3, -0.25) is 0 Å². The summed E-state index contributed by atoms with van der Waals surface area (Å²) in [6, 6.07) is 14.5. The van der Waals surface area contributed by atoms with Crippen molar-refractivity contribution in [1.29, 1.82) is 0 Å². The summed E-state index contributed by atoms with van der Waals surface area (Å²) < 4.78 is 14.2. The lowest BCUT2D eigenvalue weighted by Gasteiger charge is -2.35. The molecule has 110 valence electrons. The first kappa shape index (κ1) is 14.3. The molecule has 0 aliphatic heterocycles. The molecule has 0 amide bonds. The topological polar surface area (TPSA) is 20.2 Å². The van der Waals surface area contributed by atoms with Crippen LogP contribution < -0.4 is 0 Å². The molecule has 1 aliphatic carbocycles. The summed E-state index contributed by atoms with van der Waals surface area (Å²) in [6.07, 6.45) is 4.02. The Morgan fingerprint density at radius 2 is 1.67 bits per heavy atom. The molecule has 2 aromatic carbocycles. The van der Waals surface area contributed by atoms with Gasteiger partial charge >= 0.3 is 0 Å². The smallest absolute Gasteiger partial charge is 0.129 e. The molecule has 1 aliphatic rings. The van der Waals surface area contributed by atoms with Crippen LogP contribution in [0.15, 0.2) is 48.5 Å². The van der Waals surface area contributed by atoms with Gasteiger partial charge in [0.2, 0.25) is 0 Å². The van der Waals surface area contributed by atoms with E-state index in [0.717, 1.165) is 18.4 Å². The molecule has 0 aromatic heterocycles. The SMILES string of the molecule is CCC(O)(c1ccccc1F)c1ccccc1C1CCC1. The standard InChI is InChI=1S/C19H21FO/c1-2-19(21,17-12-5-6-13-18(17)20)16-11-4-3-10-15(16)14-8-7-9-14/h3-6,10-14,21H,2,7-9H2,1H3. The predicted molar refractivity (Wildman–Crippen MR) is 82.7 cm³/mol. The second-order valence-corrected chi connectivity index (χ2v) is 5.91. The zero-order valence-corrected chi connectivity index (χ0v) is 12.3. The van der Waals surface area contributed by atoms with Crippen LogP contribution in [-0.2, 0) is 5.60 Å². The molecule has 21 heavy (non-hydrogen) atoms. The highest BCUT2D eigenvalue weighted by atomic mass is 19.1. The van der Waals surface area contributed by atoms with Crippen LogP contribution in [0.2, 0.25) is 0 Å². The highest BCUT2D eigenvalue weighted by Gasteiger charge is 2.36. The van der Waals surface area contributed by atoms with Crippen molar-refractivity contribution in [2.24, 2.45) is 0 Å². The van der Waals surface area contributed by atoms with Crippen molar-refractivity contribution in [2.45, 2.75) is 44.1 Å². The Labute approximate surface area is 125 Å². The number of benzene rings is 2. The molecule has 2 heteroatoms. The van der Waals surface area contributed by atoms with Crippen LogP contribution in [0.3, 0.4) is 0 Å². The highest BCUT2D eigenvalue weighted by Crippen LogP contribution is 2.44. The molecule has 0 saturated heterocycles. The van der Waals surface area contributed by atoms with E-state index < -0.39 is 5.60 Å². The molecule has 0 radical (unpaired) electrons. The number of hydrogen-bond donors (Lipinski definition) is 1. The predicted octanol–water partition coefficient (Wildman–Crippen LogP) is 4.74. The maximum atomic E-state index is 14.2. The monoisotopic (exact) mass is 284 g/mol. The molecule has 1 saturated carbocycles. The summed E-state index contributed by atoms with van der Waals surface area (Å²) in [4.78, 5) is 0. The molecule has 1 nitrogen and oxygen atoms in total. The largest absolute Gasteiger partial charge is 0.380 e. The van der Waals surface area contributed by atoms with Crippen LogP contribution in [0, 0.1) is 5.82 Å². The Morgan fingerprint density at radius 3 is 2.24 bits per heavy atom. The van der Waals surface area contributed by atoms with E-state index in [-0.39, 0.29) is 5.82 Å². The maximum Gasteiger partial charge on any atom is 0.129 e. The fourth-order valence-corrected chi connectivity index (χ4v) is 3.27. The summed E-state index contributed by atoms with van der Waals surface area (Å²) >= 11 is 0. The number of aliphatic hydroxyl groups is 1. The highest BCUT2D eigenvalue weighted by molar-refractivity contribution is 5.43. The van der Waals surface area contributed by atoms with Gasteiger partial charge in [-0.25, -0.2) is 4.39 Å². The fraction of sp³-hybridized carbons (Fsp3) is 0.368. The first-order valence-electron chi connectivity index (χ1n) is 7.73. The number of halogens is 1. The van der Waals surface area contributed by atoms with Crippen molar-refractivity contribution >= 4 is 0 Å². The molecule has 1 unspecified atom stereocenters. The fourth-order valence-electron chi connectivity index (χ4n) is 3.27. The number of rotatable bonds is 4. The van der Waals surface area contributed by atoms with Gasteiger partial charge in [0.25, 0.3) is 0 Å². The van der Waals surface area contributed by atoms with Crippen molar-refractivity contribution in [3.05, 3.63) is 71.0 Å². The molecule has 0 heterocycles. The van der Waals surface area contributed by atoms with Gasteiger partial charge in [0, 0.05) is 5.56 Å². The van der Waals surface area contributed by atoms with Gasteiger partial charge in [-0.15, -0.1) is 0 Å². The molecular formula is C19H21FO. The second-order valence-electron chi connectivity index (χ2n) is 5.91. The minimum absolute atomic E-state index is 0.342. The Kier molecular flexibility index (Phi) is 3.81. The third kappa shape index (κ3) is 2.38. The molecule has 2 aromatic rings. The summed E-state index contributed by atoms with van der Waals surface area (Å²) in [7, 11) is 0. The van der Waals surface area contributed by atoms with E-state index in [0.29, 0.717) is 17.9 Å². The molecule has 0 bridgehead atoms. The zero-order chi connectivity index (χ0) is 14.9. The first-order chi connectivity index (χ1) is 10.2. The van der Waals surface area contributed by atoms with E-state index in [1.54, 1.807) is 18.2 Å². The average Bonchev–Trinajstić information content (AvgIpc) is 2.46. The zero-order valence-electron chi connectivity index (χ0n) is 12.3. The third-order valence-corrected chi connectivity index (χ3v) is 4.78. The lowest BCUT2D eigenvalue weighted by molar-refractivity contribution is 0.0707. The molecule has 3 rings (SSSR count). The van der Waals surface area contributed by atoms with Crippen LogP contribution in [0.25, 0.3) is 0 Å². The van der Waals surface area contributed by atoms with Crippen LogP contribution in [0.1, 0.15) is 55.2 Å². The average molecular weight is 284 g/mol. The summed E-state index contributed by atoms with van der Waals surface area (Å²) in [6.45, 7) is 1.91. The van der Waals surface area contributed by atoms with Crippen molar-refractivity contribution in [3.8, 4) is 0 Å². The van der Waals surface area contributed by atoms with E-state index in [9.17, 15) is 9.50 Å². The molecule has 1 fully saturated rings. The summed E-state index contributed by atoms with van der Waals surface area (Å²) in [5.74, 6) is 0.163. The van der Waals surface area contributed by atoms with Crippen molar-refractivity contribution < 1.29 is 9.50 Å². The van der Waals surface area contributed by atoms with E-state index in [2.05, 4.69) is 6.07 Å². The summed E-state index contributed by atoms with van der Waals surface area (Å²) in [5.41, 5.74) is 1.16. The second kappa shape index (κ2) is 5.61. The van der Waals surface area contributed by atoms with Crippen molar-refractivity contribution in [2.75, 3.05) is 0 Å². The van der Waals surface area contributed by atoms with E-state index in [1.807, 2.05) is 25.1 Å². The van der Waals surface area contributed by atoms with Gasteiger partial charge in [0.1, 0.15) is 11.4 Å². The van der Waals surface area contributed by atoms with Crippen LogP contribution in [0.4, 0.5) is 4.39 Å². The Bertz CT molecular complexity index is 633. The van der Waals surface area contributed by atoms with Gasteiger partial charge in [-0.2, -0.15) is 0 Å². The Morgan fingerprint density at radius 1 is 1.05 bits per heavy atom.